The lowest BCUT2D eigenvalue weighted by Gasteiger charge is -2.23. The van der Waals surface area contributed by atoms with Crippen molar-refractivity contribution in [1.82, 2.24) is 14.4 Å². The van der Waals surface area contributed by atoms with Gasteiger partial charge in [-0.2, -0.15) is 0 Å². The van der Waals surface area contributed by atoms with Crippen LogP contribution in [0.1, 0.15) is 43.0 Å². The number of nitrogen functional groups attached to an aromatic ring is 1. The Bertz CT molecular complexity index is 1030. The summed E-state index contributed by atoms with van der Waals surface area (Å²) in [7, 11) is 0. The second-order valence-electron chi connectivity index (χ2n) is 7.69. The van der Waals surface area contributed by atoms with E-state index in [2.05, 4.69) is 16.9 Å². The average Bonchev–Trinajstić information content (AvgIpc) is 3.18. The number of halogens is 2. The van der Waals surface area contributed by atoms with Crippen LogP contribution >= 0.6 is 0 Å². The number of aromatic nitrogens is 3. The first-order chi connectivity index (χ1) is 12.7. The van der Waals surface area contributed by atoms with Gasteiger partial charge in [0.05, 0.1) is 17.6 Å². The van der Waals surface area contributed by atoms with Crippen LogP contribution in [0.2, 0.25) is 0 Å². The van der Waals surface area contributed by atoms with Gasteiger partial charge in [0.1, 0.15) is 5.60 Å². The molecule has 1 aromatic carbocycles. The SMILES string of the molecule is Cc1ccc(C(C)(O)C(F)F)cc1-c1cnc2c(N)nc(C3CC3C)cn12. The number of imidazole rings is 1. The van der Waals surface area contributed by atoms with E-state index in [-0.39, 0.29) is 5.56 Å². The predicted octanol–water partition coefficient (Wildman–Crippen LogP) is 3.88. The number of alkyl halides is 2. The Kier molecular flexibility index (Phi) is 3.96. The van der Waals surface area contributed by atoms with E-state index in [1.54, 1.807) is 18.3 Å². The van der Waals surface area contributed by atoms with Gasteiger partial charge in [-0.25, -0.2) is 18.7 Å². The largest absolute Gasteiger partial charge is 0.381 e. The van der Waals surface area contributed by atoms with Gasteiger partial charge in [-0.3, -0.25) is 4.40 Å². The summed E-state index contributed by atoms with van der Waals surface area (Å²) in [6.07, 6.45) is 1.78. The maximum absolute atomic E-state index is 13.3. The first-order valence-corrected chi connectivity index (χ1v) is 8.95. The molecule has 142 valence electrons. The Morgan fingerprint density at radius 1 is 1.37 bits per heavy atom. The summed E-state index contributed by atoms with van der Waals surface area (Å²) in [4.78, 5) is 8.85. The number of hydrogen-bond acceptors (Lipinski definition) is 4. The van der Waals surface area contributed by atoms with Crippen LogP contribution < -0.4 is 5.73 Å². The van der Waals surface area contributed by atoms with Crippen molar-refractivity contribution < 1.29 is 13.9 Å². The second-order valence-corrected chi connectivity index (χ2v) is 7.69. The average molecular weight is 372 g/mol. The van der Waals surface area contributed by atoms with Crippen LogP contribution in [0, 0.1) is 12.8 Å². The van der Waals surface area contributed by atoms with Crippen LogP contribution in [0.15, 0.2) is 30.6 Å². The number of anilines is 1. The Morgan fingerprint density at radius 2 is 2.07 bits per heavy atom. The van der Waals surface area contributed by atoms with Crippen molar-refractivity contribution >= 4 is 11.5 Å². The molecule has 0 amide bonds. The molecule has 5 nitrogen and oxygen atoms in total. The Hall–Kier alpha value is -2.54. The first-order valence-electron chi connectivity index (χ1n) is 8.95. The molecule has 2 heterocycles. The number of aliphatic hydroxyl groups is 1. The van der Waals surface area contributed by atoms with E-state index >= 15 is 0 Å². The number of nitrogens with zero attached hydrogens (tertiary/aromatic N) is 3. The Balaban J connectivity index is 1.88. The lowest BCUT2D eigenvalue weighted by molar-refractivity contribution is -0.0883. The zero-order valence-electron chi connectivity index (χ0n) is 15.4. The molecule has 2 aromatic heterocycles. The van der Waals surface area contributed by atoms with Crippen molar-refractivity contribution in [1.29, 1.82) is 0 Å². The maximum Gasteiger partial charge on any atom is 0.270 e. The Labute approximate surface area is 155 Å². The van der Waals surface area contributed by atoms with Crippen LogP contribution in [0.3, 0.4) is 0 Å². The molecule has 1 fully saturated rings. The molecule has 3 aromatic rings. The predicted molar refractivity (Wildman–Crippen MR) is 99.7 cm³/mol. The number of rotatable bonds is 4. The third-order valence-electron chi connectivity index (χ3n) is 5.55. The molecule has 0 bridgehead atoms. The molecule has 1 aliphatic carbocycles. The summed E-state index contributed by atoms with van der Waals surface area (Å²) in [5.41, 5.74) is 7.84. The van der Waals surface area contributed by atoms with Gasteiger partial charge in [-0.05, 0) is 43.4 Å². The van der Waals surface area contributed by atoms with Gasteiger partial charge >= 0.3 is 0 Å². The summed E-state index contributed by atoms with van der Waals surface area (Å²) in [6, 6.07) is 4.86. The zero-order valence-corrected chi connectivity index (χ0v) is 15.4. The highest BCUT2D eigenvalue weighted by atomic mass is 19.3. The van der Waals surface area contributed by atoms with Crippen molar-refractivity contribution in [2.45, 2.75) is 45.1 Å². The van der Waals surface area contributed by atoms with Crippen molar-refractivity contribution in [2.24, 2.45) is 5.92 Å². The number of fused-ring (bicyclic) bond motifs is 1. The van der Waals surface area contributed by atoms with E-state index < -0.39 is 12.0 Å². The summed E-state index contributed by atoms with van der Waals surface area (Å²) in [6.45, 7) is 5.18. The van der Waals surface area contributed by atoms with E-state index in [4.69, 9.17) is 5.73 Å². The number of aryl methyl sites for hydroxylation is 1. The normalized spacial score (nSPS) is 21.6. The second kappa shape index (κ2) is 5.99. The van der Waals surface area contributed by atoms with Gasteiger partial charge in [0.15, 0.2) is 11.5 Å². The molecular formula is C20H22F2N4O. The number of hydrogen-bond donors (Lipinski definition) is 2. The third-order valence-corrected chi connectivity index (χ3v) is 5.55. The molecule has 3 N–H and O–H groups in total. The summed E-state index contributed by atoms with van der Waals surface area (Å²) in [5.74, 6) is 1.32. The molecule has 1 aliphatic rings. The van der Waals surface area contributed by atoms with E-state index in [0.29, 0.717) is 23.3 Å². The third kappa shape index (κ3) is 2.86. The summed E-state index contributed by atoms with van der Waals surface area (Å²) in [5, 5.41) is 10.2. The van der Waals surface area contributed by atoms with Crippen molar-refractivity contribution in [3.63, 3.8) is 0 Å². The monoisotopic (exact) mass is 372 g/mol. The number of nitrogens with two attached hydrogens (primary N) is 1. The molecule has 7 heteroatoms. The van der Waals surface area contributed by atoms with E-state index in [9.17, 15) is 13.9 Å². The zero-order chi connectivity index (χ0) is 19.5. The fraction of sp³-hybridized carbons (Fsp3) is 0.400. The minimum absolute atomic E-state index is 0.158. The molecule has 3 unspecified atom stereocenters. The van der Waals surface area contributed by atoms with Gasteiger partial charge in [0.25, 0.3) is 6.43 Å². The van der Waals surface area contributed by atoms with Gasteiger partial charge in [0, 0.05) is 17.7 Å². The lowest BCUT2D eigenvalue weighted by atomic mass is 9.92. The molecule has 0 radical (unpaired) electrons. The van der Waals surface area contributed by atoms with Crippen LogP contribution in [-0.2, 0) is 5.60 Å². The van der Waals surface area contributed by atoms with Gasteiger partial charge in [0.2, 0.25) is 0 Å². The first kappa shape index (κ1) is 17.9. The minimum Gasteiger partial charge on any atom is -0.381 e. The van der Waals surface area contributed by atoms with Crippen LogP contribution in [0.4, 0.5) is 14.6 Å². The molecule has 0 saturated heterocycles. The van der Waals surface area contributed by atoms with E-state index in [1.807, 2.05) is 17.5 Å². The highest BCUT2D eigenvalue weighted by Gasteiger charge is 2.36. The molecule has 0 spiro atoms. The topological polar surface area (TPSA) is 76.4 Å². The molecule has 3 atom stereocenters. The van der Waals surface area contributed by atoms with Gasteiger partial charge in [-0.1, -0.05) is 19.1 Å². The summed E-state index contributed by atoms with van der Waals surface area (Å²) < 4.78 is 28.4. The molecule has 1 saturated carbocycles. The standard InChI is InChI=1S/C20H22F2N4O/c1-10-4-5-12(20(3,27)19(21)22)7-14(10)16-8-24-18-17(23)25-15(9-26(16)18)13-6-11(13)2/h4-5,7-9,11,13,19,27H,6H2,1-3H3,(H2,23,25). The van der Waals surface area contributed by atoms with Crippen LogP contribution in [-0.4, -0.2) is 25.9 Å². The highest BCUT2D eigenvalue weighted by Crippen LogP contribution is 2.46. The minimum atomic E-state index is -2.89. The summed E-state index contributed by atoms with van der Waals surface area (Å²) >= 11 is 0. The van der Waals surface area contributed by atoms with Crippen LogP contribution in [0.5, 0.6) is 0 Å². The number of benzene rings is 1. The molecule has 27 heavy (non-hydrogen) atoms. The molecule has 0 aliphatic heterocycles. The van der Waals surface area contributed by atoms with Gasteiger partial charge in [-0.15, -0.1) is 0 Å². The highest BCUT2D eigenvalue weighted by molar-refractivity contribution is 5.72. The van der Waals surface area contributed by atoms with E-state index in [0.717, 1.165) is 35.9 Å². The quantitative estimate of drug-likeness (QED) is 0.729. The molecular weight excluding hydrogens is 350 g/mol. The maximum atomic E-state index is 13.3. The van der Waals surface area contributed by atoms with Crippen molar-refractivity contribution in [3.8, 4) is 11.3 Å². The van der Waals surface area contributed by atoms with Crippen LogP contribution in [0.25, 0.3) is 16.9 Å². The Morgan fingerprint density at radius 3 is 2.70 bits per heavy atom. The fourth-order valence-electron chi connectivity index (χ4n) is 3.48. The van der Waals surface area contributed by atoms with Crippen molar-refractivity contribution in [3.05, 3.63) is 47.4 Å². The lowest BCUT2D eigenvalue weighted by Crippen LogP contribution is -2.30. The smallest absolute Gasteiger partial charge is 0.270 e. The molecule has 4 rings (SSSR count). The fourth-order valence-corrected chi connectivity index (χ4v) is 3.48. The van der Waals surface area contributed by atoms with Gasteiger partial charge < -0.3 is 10.8 Å². The van der Waals surface area contributed by atoms with Crippen molar-refractivity contribution in [2.75, 3.05) is 5.73 Å². The van der Waals surface area contributed by atoms with E-state index in [1.165, 1.54) is 6.07 Å².